The van der Waals surface area contributed by atoms with Crippen LogP contribution in [0.25, 0.3) is 16.3 Å². The lowest BCUT2D eigenvalue weighted by molar-refractivity contribution is 0.798. The average Bonchev–Trinajstić information content (AvgIpc) is 2.66. The van der Waals surface area contributed by atoms with Crippen molar-refractivity contribution in [3.05, 3.63) is 89.1 Å². The van der Waals surface area contributed by atoms with Crippen molar-refractivity contribution >= 4 is 16.3 Å². The highest BCUT2D eigenvalue weighted by molar-refractivity contribution is 5.99. The standard InChI is InChI=1S/C24H16/c1-3-17-13-15-19-9-5-7-11-21(19)23(17)24-18(4-2)14-16-20-10-6-8-12-22(20)24/h1-2,5-11,13-16,22H,12H2. The van der Waals surface area contributed by atoms with Gasteiger partial charge in [0.15, 0.2) is 0 Å². The molecule has 0 radical (unpaired) electrons. The Morgan fingerprint density at radius 1 is 0.958 bits per heavy atom. The van der Waals surface area contributed by atoms with Crippen molar-refractivity contribution in [1.29, 1.82) is 0 Å². The predicted molar refractivity (Wildman–Crippen MR) is 102 cm³/mol. The summed E-state index contributed by atoms with van der Waals surface area (Å²) in [6.07, 6.45) is 23.3. The van der Waals surface area contributed by atoms with Crippen LogP contribution in [0.4, 0.5) is 0 Å². The fourth-order valence-electron chi connectivity index (χ4n) is 3.68. The van der Waals surface area contributed by atoms with Gasteiger partial charge in [-0.2, -0.15) is 0 Å². The van der Waals surface area contributed by atoms with E-state index in [1.807, 2.05) is 18.2 Å². The van der Waals surface area contributed by atoms with Crippen molar-refractivity contribution in [3.63, 3.8) is 0 Å². The molecular weight excluding hydrogens is 288 g/mol. The molecule has 1 unspecified atom stereocenters. The third-order valence-electron chi connectivity index (χ3n) is 4.79. The van der Waals surface area contributed by atoms with Gasteiger partial charge in [0, 0.05) is 22.6 Å². The van der Waals surface area contributed by atoms with Crippen molar-refractivity contribution < 1.29 is 0 Å². The largest absolute Gasteiger partial charge is 0.115 e. The van der Waals surface area contributed by atoms with Crippen molar-refractivity contribution in [3.8, 4) is 24.7 Å². The zero-order valence-electron chi connectivity index (χ0n) is 13.3. The minimum Gasteiger partial charge on any atom is -0.115 e. The quantitative estimate of drug-likeness (QED) is 0.629. The van der Waals surface area contributed by atoms with Crippen molar-refractivity contribution in [2.45, 2.75) is 6.42 Å². The van der Waals surface area contributed by atoms with Crippen LogP contribution in [-0.4, -0.2) is 0 Å². The lowest BCUT2D eigenvalue weighted by atomic mass is 9.74. The molecule has 2 aliphatic carbocycles. The van der Waals surface area contributed by atoms with E-state index in [2.05, 4.69) is 60.4 Å². The molecule has 1 atom stereocenters. The van der Waals surface area contributed by atoms with Gasteiger partial charge in [0.2, 0.25) is 0 Å². The summed E-state index contributed by atoms with van der Waals surface area (Å²) >= 11 is 0. The van der Waals surface area contributed by atoms with Crippen LogP contribution in [0.1, 0.15) is 17.5 Å². The summed E-state index contributed by atoms with van der Waals surface area (Å²) in [6, 6.07) is 12.5. The molecule has 112 valence electrons. The van der Waals surface area contributed by atoms with E-state index in [4.69, 9.17) is 12.8 Å². The predicted octanol–water partition coefficient (Wildman–Crippen LogP) is 5.28. The van der Waals surface area contributed by atoms with Crippen molar-refractivity contribution in [2.75, 3.05) is 0 Å². The molecule has 24 heavy (non-hydrogen) atoms. The number of benzene rings is 2. The van der Waals surface area contributed by atoms with Crippen LogP contribution >= 0.6 is 0 Å². The van der Waals surface area contributed by atoms with Gasteiger partial charge in [-0.15, -0.1) is 12.8 Å². The topological polar surface area (TPSA) is 0 Å². The fourth-order valence-corrected chi connectivity index (χ4v) is 3.68. The van der Waals surface area contributed by atoms with E-state index in [0.29, 0.717) is 0 Å². The van der Waals surface area contributed by atoms with Gasteiger partial charge >= 0.3 is 0 Å². The van der Waals surface area contributed by atoms with Gasteiger partial charge in [-0.25, -0.2) is 0 Å². The van der Waals surface area contributed by atoms with Gasteiger partial charge in [0.05, 0.1) is 0 Å². The van der Waals surface area contributed by atoms with E-state index in [9.17, 15) is 0 Å². The summed E-state index contributed by atoms with van der Waals surface area (Å²) in [5.41, 5.74) is 5.42. The Hall–Kier alpha value is -3.22. The third-order valence-corrected chi connectivity index (χ3v) is 4.79. The van der Waals surface area contributed by atoms with Gasteiger partial charge in [-0.05, 0) is 40.5 Å². The summed E-state index contributed by atoms with van der Waals surface area (Å²) in [5, 5.41) is 2.35. The number of allylic oxidation sites excluding steroid dienone is 8. The molecule has 4 rings (SSSR count). The minimum atomic E-state index is 0.268. The number of terminal acetylenes is 2. The summed E-state index contributed by atoms with van der Waals surface area (Å²) in [4.78, 5) is 0. The second-order valence-electron chi connectivity index (χ2n) is 6.04. The molecule has 0 bridgehead atoms. The summed E-state index contributed by atoms with van der Waals surface area (Å²) < 4.78 is 0. The Morgan fingerprint density at radius 3 is 2.67 bits per heavy atom. The zero-order chi connectivity index (χ0) is 16.5. The molecule has 0 aromatic heterocycles. The minimum absolute atomic E-state index is 0.268. The number of hydrogen-bond acceptors (Lipinski definition) is 0. The highest BCUT2D eigenvalue weighted by Crippen LogP contribution is 2.43. The second kappa shape index (κ2) is 5.77. The Labute approximate surface area is 142 Å². The summed E-state index contributed by atoms with van der Waals surface area (Å²) in [7, 11) is 0. The molecule has 2 aromatic rings. The maximum absolute atomic E-state index is 5.84. The number of hydrogen-bond donors (Lipinski definition) is 0. The van der Waals surface area contributed by atoms with E-state index in [-0.39, 0.29) is 5.92 Å². The highest BCUT2D eigenvalue weighted by atomic mass is 14.3. The molecule has 2 aliphatic rings. The van der Waals surface area contributed by atoms with Crippen LogP contribution in [0.3, 0.4) is 0 Å². The lowest BCUT2D eigenvalue weighted by Crippen LogP contribution is -2.13. The SMILES string of the molecule is C#CC1=C(c2c(C#C)ccc3ccccc23)C2CC=CC=C2C=C1. The van der Waals surface area contributed by atoms with Gasteiger partial charge in [-0.1, -0.05) is 66.5 Å². The maximum Gasteiger partial charge on any atom is 0.0324 e. The molecule has 0 fully saturated rings. The smallest absolute Gasteiger partial charge is 0.0324 e. The summed E-state index contributed by atoms with van der Waals surface area (Å²) in [6.45, 7) is 0. The fraction of sp³-hybridized carbons (Fsp3) is 0.0833. The first-order chi connectivity index (χ1) is 11.8. The number of rotatable bonds is 1. The van der Waals surface area contributed by atoms with Crippen LogP contribution < -0.4 is 0 Å². The summed E-state index contributed by atoms with van der Waals surface area (Å²) in [5.74, 6) is 6.00. The molecule has 0 nitrogen and oxygen atoms in total. The first kappa shape index (κ1) is 14.4. The Kier molecular flexibility index (Phi) is 3.45. The van der Waals surface area contributed by atoms with Crippen LogP contribution in [0.5, 0.6) is 0 Å². The molecule has 0 saturated heterocycles. The van der Waals surface area contributed by atoms with Crippen molar-refractivity contribution in [2.24, 2.45) is 5.92 Å². The van der Waals surface area contributed by atoms with E-state index in [1.165, 1.54) is 21.9 Å². The first-order valence-corrected chi connectivity index (χ1v) is 8.08. The lowest BCUT2D eigenvalue weighted by Gasteiger charge is -2.29. The van der Waals surface area contributed by atoms with Crippen LogP contribution in [0.15, 0.2) is 77.9 Å². The maximum atomic E-state index is 5.84. The van der Waals surface area contributed by atoms with E-state index < -0.39 is 0 Å². The highest BCUT2D eigenvalue weighted by Gasteiger charge is 2.27. The molecule has 2 aromatic carbocycles. The van der Waals surface area contributed by atoms with Gasteiger partial charge in [-0.3, -0.25) is 0 Å². The Balaban J connectivity index is 2.09. The van der Waals surface area contributed by atoms with Crippen LogP contribution in [-0.2, 0) is 0 Å². The molecular formula is C24H16. The average molecular weight is 304 g/mol. The molecule has 0 heterocycles. The Morgan fingerprint density at radius 2 is 1.83 bits per heavy atom. The zero-order valence-corrected chi connectivity index (χ0v) is 13.3. The Bertz CT molecular complexity index is 1040. The molecule has 0 aliphatic heterocycles. The molecule has 0 heteroatoms. The van der Waals surface area contributed by atoms with Gasteiger partial charge < -0.3 is 0 Å². The van der Waals surface area contributed by atoms with E-state index in [0.717, 1.165) is 23.1 Å². The van der Waals surface area contributed by atoms with E-state index in [1.54, 1.807) is 0 Å². The van der Waals surface area contributed by atoms with Crippen molar-refractivity contribution in [1.82, 2.24) is 0 Å². The molecule has 0 saturated carbocycles. The molecule has 0 spiro atoms. The molecule has 0 amide bonds. The van der Waals surface area contributed by atoms with Crippen LogP contribution in [0, 0.1) is 30.6 Å². The first-order valence-electron chi connectivity index (χ1n) is 8.08. The third kappa shape index (κ3) is 2.13. The van der Waals surface area contributed by atoms with Gasteiger partial charge in [0.25, 0.3) is 0 Å². The van der Waals surface area contributed by atoms with Crippen LogP contribution in [0.2, 0.25) is 0 Å². The van der Waals surface area contributed by atoms with Gasteiger partial charge in [0.1, 0.15) is 0 Å². The molecule has 0 N–H and O–H groups in total. The number of fused-ring (bicyclic) bond motifs is 2. The normalized spacial score (nSPS) is 18.8. The van der Waals surface area contributed by atoms with E-state index >= 15 is 0 Å². The second-order valence-corrected chi connectivity index (χ2v) is 6.04. The monoisotopic (exact) mass is 304 g/mol.